The van der Waals surface area contributed by atoms with Crippen molar-refractivity contribution in [1.29, 1.82) is 0 Å². The fraction of sp³-hybridized carbons (Fsp3) is 1.00. The maximum atomic E-state index is 9.83. The molecule has 0 spiro atoms. The fourth-order valence-electron chi connectivity index (χ4n) is 0. The van der Waals surface area contributed by atoms with Crippen molar-refractivity contribution in [3.8, 4) is 0 Å². The van der Waals surface area contributed by atoms with Gasteiger partial charge in [0, 0.05) is 6.26 Å². The predicted octanol–water partition coefficient (Wildman–Crippen LogP) is -1.70. The Hall–Kier alpha value is -0.130. The minimum Gasteiger partial charge on any atom is -0.356 e. The highest BCUT2D eigenvalue weighted by molar-refractivity contribution is 7.90. The number of hydrogen-bond donors (Lipinski definition) is 2. The second kappa shape index (κ2) is 1.77. The Morgan fingerprint density at radius 2 is 1.57 bits per heavy atom. The first-order chi connectivity index (χ1) is 2.94. The minimum absolute atomic E-state index is 0.734. The van der Waals surface area contributed by atoms with Gasteiger partial charge < -0.3 is 10.2 Å². The third-order valence-electron chi connectivity index (χ3n) is 0.383. The first kappa shape index (κ1) is 6.87. The molecule has 0 saturated carbocycles. The molecule has 0 aromatic heterocycles. The van der Waals surface area contributed by atoms with Gasteiger partial charge in [0.15, 0.2) is 9.84 Å². The molecular weight excluding hydrogens is 120 g/mol. The molecular formula is C2H6O4S. The molecule has 0 aliphatic rings. The predicted molar refractivity (Wildman–Crippen MR) is 23.1 cm³/mol. The number of hydrogen-bond acceptors (Lipinski definition) is 4. The van der Waals surface area contributed by atoms with Crippen molar-refractivity contribution in [2.45, 2.75) is 5.62 Å². The van der Waals surface area contributed by atoms with Crippen LogP contribution in [0.15, 0.2) is 0 Å². The molecule has 7 heavy (non-hydrogen) atoms. The molecule has 0 heterocycles. The third-order valence-corrected chi connectivity index (χ3v) is 1.15. The van der Waals surface area contributed by atoms with Gasteiger partial charge in [0.05, 0.1) is 0 Å². The smallest absolute Gasteiger partial charge is 0.257 e. The van der Waals surface area contributed by atoms with Crippen molar-refractivity contribution in [3.05, 3.63) is 0 Å². The van der Waals surface area contributed by atoms with Crippen LogP contribution in [0.3, 0.4) is 0 Å². The van der Waals surface area contributed by atoms with Crippen molar-refractivity contribution >= 4 is 9.84 Å². The van der Waals surface area contributed by atoms with Crippen LogP contribution in [0.2, 0.25) is 0 Å². The van der Waals surface area contributed by atoms with E-state index in [1.165, 1.54) is 0 Å². The zero-order valence-corrected chi connectivity index (χ0v) is 4.51. The Kier molecular flexibility index (Phi) is 1.74. The van der Waals surface area contributed by atoms with E-state index in [0.29, 0.717) is 0 Å². The molecule has 4 nitrogen and oxygen atoms in total. The SMILES string of the molecule is CS(=O)(=O)C(O)O. The van der Waals surface area contributed by atoms with Crippen molar-refractivity contribution in [1.82, 2.24) is 0 Å². The normalized spacial score (nSPS) is 12.6. The van der Waals surface area contributed by atoms with Crippen LogP contribution < -0.4 is 0 Å². The molecule has 0 radical (unpaired) electrons. The average molecular weight is 126 g/mol. The summed E-state index contributed by atoms with van der Waals surface area (Å²) in [6.45, 7) is 0. The Labute approximate surface area is 41.3 Å². The summed E-state index contributed by atoms with van der Waals surface area (Å²) in [5.74, 6) is 0. The zero-order chi connectivity index (χ0) is 6.08. The van der Waals surface area contributed by atoms with E-state index in [0.717, 1.165) is 6.26 Å². The molecule has 0 bridgehead atoms. The van der Waals surface area contributed by atoms with E-state index in [4.69, 9.17) is 10.2 Å². The van der Waals surface area contributed by atoms with Crippen LogP contribution in [0.5, 0.6) is 0 Å². The molecule has 0 fully saturated rings. The summed E-state index contributed by atoms with van der Waals surface area (Å²) < 4.78 is 19.7. The van der Waals surface area contributed by atoms with Gasteiger partial charge >= 0.3 is 0 Å². The van der Waals surface area contributed by atoms with Crippen LogP contribution in [-0.4, -0.2) is 30.5 Å². The van der Waals surface area contributed by atoms with Crippen molar-refractivity contribution in [2.24, 2.45) is 0 Å². The van der Waals surface area contributed by atoms with Crippen molar-refractivity contribution in [3.63, 3.8) is 0 Å². The first-order valence-corrected chi connectivity index (χ1v) is 3.45. The largest absolute Gasteiger partial charge is 0.356 e. The summed E-state index contributed by atoms with van der Waals surface area (Å²) in [7, 11) is -3.63. The maximum Gasteiger partial charge on any atom is 0.257 e. The van der Waals surface area contributed by atoms with Crippen molar-refractivity contribution < 1.29 is 18.6 Å². The Morgan fingerprint density at radius 1 is 1.43 bits per heavy atom. The third kappa shape index (κ3) is 2.55. The van der Waals surface area contributed by atoms with Gasteiger partial charge in [-0.3, -0.25) is 0 Å². The first-order valence-electron chi connectivity index (χ1n) is 1.49. The molecule has 2 N–H and O–H groups in total. The Bertz CT molecular complexity index is 132. The maximum absolute atomic E-state index is 9.83. The van der Waals surface area contributed by atoms with Gasteiger partial charge in [0.2, 0.25) is 0 Å². The number of sulfone groups is 1. The summed E-state index contributed by atoms with van der Waals surface area (Å²) in [6.07, 6.45) is 0.734. The molecule has 0 rings (SSSR count). The van der Waals surface area contributed by atoms with E-state index in [9.17, 15) is 8.42 Å². The summed E-state index contributed by atoms with van der Waals surface area (Å²) >= 11 is 0. The monoisotopic (exact) mass is 126 g/mol. The van der Waals surface area contributed by atoms with Crippen molar-refractivity contribution in [2.75, 3.05) is 6.26 Å². The molecule has 0 saturated heterocycles. The number of aliphatic hydroxyl groups is 2. The highest BCUT2D eigenvalue weighted by Gasteiger charge is 2.10. The van der Waals surface area contributed by atoms with Gasteiger partial charge in [-0.2, -0.15) is 0 Å². The van der Waals surface area contributed by atoms with Crippen LogP contribution >= 0.6 is 0 Å². The second-order valence-corrected chi connectivity index (χ2v) is 3.24. The lowest BCUT2D eigenvalue weighted by atomic mass is 11.5. The number of aliphatic hydroxyl groups excluding tert-OH is 1. The summed E-state index contributed by atoms with van der Waals surface area (Å²) in [5, 5.41) is 15.7. The highest BCUT2D eigenvalue weighted by Crippen LogP contribution is 1.85. The lowest BCUT2D eigenvalue weighted by Gasteiger charge is -1.94. The lowest BCUT2D eigenvalue weighted by molar-refractivity contribution is 0.0316. The van der Waals surface area contributed by atoms with Crippen LogP contribution in [0.1, 0.15) is 0 Å². The molecule has 5 heteroatoms. The van der Waals surface area contributed by atoms with E-state index >= 15 is 0 Å². The molecule has 0 aromatic rings. The van der Waals surface area contributed by atoms with Crippen LogP contribution in [0.4, 0.5) is 0 Å². The van der Waals surface area contributed by atoms with E-state index in [2.05, 4.69) is 0 Å². The molecule has 0 unspecified atom stereocenters. The lowest BCUT2D eigenvalue weighted by Crippen LogP contribution is -2.17. The highest BCUT2D eigenvalue weighted by atomic mass is 32.2. The summed E-state index contributed by atoms with van der Waals surface area (Å²) in [6, 6.07) is 0. The fourth-order valence-corrected chi connectivity index (χ4v) is 0. The standard InChI is InChI=1S/C2H6O4S/c1-7(5,6)2(3)4/h2-4H,1H3. The van der Waals surface area contributed by atoms with Crippen LogP contribution in [-0.2, 0) is 9.84 Å². The minimum atomic E-state index is -3.63. The molecule has 44 valence electrons. The van der Waals surface area contributed by atoms with Gasteiger partial charge in [-0.1, -0.05) is 0 Å². The summed E-state index contributed by atoms with van der Waals surface area (Å²) in [5.41, 5.74) is -2.23. The van der Waals surface area contributed by atoms with Gasteiger partial charge in [-0.05, 0) is 0 Å². The quantitative estimate of drug-likeness (QED) is 0.411. The van der Waals surface area contributed by atoms with E-state index < -0.39 is 15.5 Å². The van der Waals surface area contributed by atoms with Gasteiger partial charge in [-0.15, -0.1) is 0 Å². The molecule has 0 aliphatic carbocycles. The van der Waals surface area contributed by atoms with E-state index in [1.807, 2.05) is 0 Å². The van der Waals surface area contributed by atoms with Crippen LogP contribution in [0, 0.1) is 0 Å². The average Bonchev–Trinajstić information content (AvgIpc) is 1.31. The topological polar surface area (TPSA) is 74.6 Å². The molecule has 0 atom stereocenters. The second-order valence-electron chi connectivity index (χ2n) is 1.16. The Balaban J connectivity index is 4.10. The summed E-state index contributed by atoms with van der Waals surface area (Å²) in [4.78, 5) is 0. The number of rotatable bonds is 1. The molecule has 0 amide bonds. The molecule has 0 aromatic carbocycles. The van der Waals surface area contributed by atoms with E-state index in [-0.39, 0.29) is 0 Å². The van der Waals surface area contributed by atoms with Crippen LogP contribution in [0.25, 0.3) is 0 Å². The van der Waals surface area contributed by atoms with Gasteiger partial charge in [0.25, 0.3) is 5.62 Å². The zero-order valence-electron chi connectivity index (χ0n) is 3.70. The van der Waals surface area contributed by atoms with Gasteiger partial charge in [0.1, 0.15) is 0 Å². The van der Waals surface area contributed by atoms with Gasteiger partial charge in [-0.25, -0.2) is 8.42 Å². The Morgan fingerprint density at radius 3 is 1.57 bits per heavy atom. The molecule has 0 aliphatic heterocycles. The van der Waals surface area contributed by atoms with E-state index in [1.54, 1.807) is 0 Å².